The predicted octanol–water partition coefficient (Wildman–Crippen LogP) is 2.89. The fraction of sp³-hybridized carbons (Fsp3) is 0.526. The van der Waals surface area contributed by atoms with Gasteiger partial charge in [0.05, 0.1) is 26.0 Å². The van der Waals surface area contributed by atoms with E-state index < -0.39 is 0 Å². The zero-order valence-corrected chi connectivity index (χ0v) is 14.6. The first kappa shape index (κ1) is 16.1. The van der Waals surface area contributed by atoms with Crippen molar-refractivity contribution in [1.82, 2.24) is 9.78 Å². The van der Waals surface area contributed by atoms with Crippen LogP contribution in [0.3, 0.4) is 0 Å². The molecular weight excluding hydrogens is 288 g/mol. The molecule has 0 saturated heterocycles. The van der Waals surface area contributed by atoms with E-state index in [1.807, 2.05) is 4.68 Å². The van der Waals surface area contributed by atoms with Crippen molar-refractivity contribution >= 4 is 0 Å². The lowest BCUT2D eigenvalue weighted by Gasteiger charge is -2.16. The van der Waals surface area contributed by atoms with Crippen LogP contribution in [0.4, 0.5) is 0 Å². The number of nitrogens with zero attached hydrogens (tertiary/aromatic N) is 2. The van der Waals surface area contributed by atoms with Crippen LogP contribution in [-0.2, 0) is 25.8 Å². The third-order valence-corrected chi connectivity index (χ3v) is 5.04. The van der Waals surface area contributed by atoms with Crippen LogP contribution >= 0.6 is 0 Å². The Hall–Kier alpha value is -1.81. The van der Waals surface area contributed by atoms with Crippen LogP contribution in [0.15, 0.2) is 6.07 Å². The highest BCUT2D eigenvalue weighted by Crippen LogP contribution is 2.37. The van der Waals surface area contributed by atoms with Gasteiger partial charge in [-0.2, -0.15) is 5.10 Å². The number of hydrogen-bond donors (Lipinski definition) is 1. The normalized spacial score (nSPS) is 13.4. The minimum absolute atomic E-state index is 0.123. The monoisotopic (exact) mass is 314 g/mol. The molecule has 3 rings (SSSR count). The lowest BCUT2D eigenvalue weighted by molar-refractivity contribution is 0.268. The molecule has 0 unspecified atom stereocenters. The molecule has 4 nitrogen and oxygen atoms in total. The van der Waals surface area contributed by atoms with E-state index in [1.54, 1.807) is 7.11 Å². The first-order valence-corrected chi connectivity index (χ1v) is 8.38. The van der Waals surface area contributed by atoms with E-state index in [2.05, 4.69) is 31.9 Å². The first-order chi connectivity index (χ1) is 11.1. The molecular formula is C19H26N2O2. The minimum atomic E-state index is 0.123. The Morgan fingerprint density at radius 2 is 1.96 bits per heavy atom. The second-order valence-electron chi connectivity index (χ2n) is 6.47. The lowest BCUT2D eigenvalue weighted by atomic mass is 9.93. The van der Waals surface area contributed by atoms with Gasteiger partial charge in [-0.25, -0.2) is 0 Å². The first-order valence-electron chi connectivity index (χ1n) is 8.38. The summed E-state index contributed by atoms with van der Waals surface area (Å²) in [6.07, 6.45) is 4.39. The summed E-state index contributed by atoms with van der Waals surface area (Å²) in [5.74, 6) is 1.07. The van der Waals surface area contributed by atoms with E-state index in [4.69, 9.17) is 4.74 Å². The standard InChI is InChI=1S/C19H26N2O2/c1-12-10-15(16-6-5-7-17(16)19(12)23-4)11-18-13(2)20-21(8-9-22)14(18)3/h10,22H,5-9,11H2,1-4H3. The molecule has 0 atom stereocenters. The summed E-state index contributed by atoms with van der Waals surface area (Å²) in [7, 11) is 1.77. The Bertz CT molecular complexity index is 732. The molecule has 0 bridgehead atoms. The molecule has 1 aliphatic carbocycles. The number of benzene rings is 1. The van der Waals surface area contributed by atoms with Crippen LogP contribution in [0.1, 0.15) is 45.6 Å². The van der Waals surface area contributed by atoms with Crippen molar-refractivity contribution in [3.8, 4) is 5.75 Å². The van der Waals surface area contributed by atoms with Crippen molar-refractivity contribution in [1.29, 1.82) is 0 Å². The van der Waals surface area contributed by atoms with Crippen molar-refractivity contribution < 1.29 is 9.84 Å². The molecule has 0 aliphatic heterocycles. The predicted molar refractivity (Wildman–Crippen MR) is 91.3 cm³/mol. The van der Waals surface area contributed by atoms with E-state index in [9.17, 15) is 5.11 Å². The molecule has 23 heavy (non-hydrogen) atoms. The number of rotatable bonds is 5. The fourth-order valence-electron chi connectivity index (χ4n) is 3.94. The number of methoxy groups -OCH3 is 1. The van der Waals surface area contributed by atoms with E-state index in [0.717, 1.165) is 36.4 Å². The van der Waals surface area contributed by atoms with Gasteiger partial charge in [0.25, 0.3) is 0 Å². The van der Waals surface area contributed by atoms with Gasteiger partial charge in [0.2, 0.25) is 0 Å². The Morgan fingerprint density at radius 1 is 1.22 bits per heavy atom. The zero-order chi connectivity index (χ0) is 16.6. The maximum Gasteiger partial charge on any atom is 0.125 e. The smallest absolute Gasteiger partial charge is 0.125 e. The van der Waals surface area contributed by atoms with Gasteiger partial charge in [-0.1, -0.05) is 6.07 Å². The molecule has 1 N–H and O–H groups in total. The molecule has 1 heterocycles. The summed E-state index contributed by atoms with van der Waals surface area (Å²) in [6.45, 7) is 6.98. The summed E-state index contributed by atoms with van der Waals surface area (Å²) < 4.78 is 7.55. The average molecular weight is 314 g/mol. The number of aliphatic hydroxyl groups is 1. The van der Waals surface area contributed by atoms with Crippen molar-refractivity contribution in [3.63, 3.8) is 0 Å². The number of aromatic nitrogens is 2. The Kier molecular flexibility index (Phi) is 4.44. The summed E-state index contributed by atoms with van der Waals surface area (Å²) in [5, 5.41) is 13.8. The molecule has 1 aromatic heterocycles. The van der Waals surface area contributed by atoms with Crippen LogP contribution in [0.25, 0.3) is 0 Å². The van der Waals surface area contributed by atoms with E-state index in [1.165, 1.54) is 34.2 Å². The van der Waals surface area contributed by atoms with E-state index in [-0.39, 0.29) is 6.61 Å². The van der Waals surface area contributed by atoms with Gasteiger partial charge >= 0.3 is 0 Å². The minimum Gasteiger partial charge on any atom is -0.496 e. The molecule has 0 radical (unpaired) electrons. The Morgan fingerprint density at radius 3 is 2.65 bits per heavy atom. The SMILES string of the molecule is COc1c(C)cc(Cc2c(C)nn(CCO)c2C)c2c1CCC2. The molecule has 0 amide bonds. The number of hydrogen-bond acceptors (Lipinski definition) is 3. The van der Waals surface area contributed by atoms with E-state index >= 15 is 0 Å². The highest BCUT2D eigenvalue weighted by molar-refractivity contribution is 5.53. The Balaban J connectivity index is 2.02. The van der Waals surface area contributed by atoms with Gasteiger partial charge in [-0.05, 0) is 62.3 Å². The largest absolute Gasteiger partial charge is 0.496 e. The number of fused-ring (bicyclic) bond motifs is 1. The van der Waals surface area contributed by atoms with Crippen LogP contribution in [0.5, 0.6) is 5.75 Å². The quantitative estimate of drug-likeness (QED) is 0.923. The molecule has 0 saturated carbocycles. The van der Waals surface area contributed by atoms with Crippen molar-refractivity contribution in [2.75, 3.05) is 13.7 Å². The van der Waals surface area contributed by atoms with Gasteiger partial charge in [0.15, 0.2) is 0 Å². The number of aryl methyl sites for hydroxylation is 2. The topological polar surface area (TPSA) is 47.3 Å². The van der Waals surface area contributed by atoms with E-state index in [0.29, 0.717) is 6.54 Å². The van der Waals surface area contributed by atoms with Gasteiger partial charge in [0, 0.05) is 17.7 Å². The maximum atomic E-state index is 9.18. The Labute approximate surface area is 138 Å². The van der Waals surface area contributed by atoms with Gasteiger partial charge in [0.1, 0.15) is 5.75 Å². The van der Waals surface area contributed by atoms with Crippen molar-refractivity contribution in [2.45, 2.75) is 53.0 Å². The molecule has 124 valence electrons. The van der Waals surface area contributed by atoms with Crippen molar-refractivity contribution in [2.24, 2.45) is 0 Å². The maximum absolute atomic E-state index is 9.18. The van der Waals surface area contributed by atoms with Crippen LogP contribution < -0.4 is 4.74 Å². The second-order valence-corrected chi connectivity index (χ2v) is 6.47. The van der Waals surface area contributed by atoms with Gasteiger partial charge in [-0.3, -0.25) is 4.68 Å². The highest BCUT2D eigenvalue weighted by atomic mass is 16.5. The average Bonchev–Trinajstić information content (AvgIpc) is 3.09. The molecule has 0 fully saturated rings. The third-order valence-electron chi connectivity index (χ3n) is 5.04. The molecule has 1 aromatic carbocycles. The summed E-state index contributed by atoms with van der Waals surface area (Å²) in [4.78, 5) is 0. The second kappa shape index (κ2) is 6.36. The fourth-order valence-corrected chi connectivity index (χ4v) is 3.94. The van der Waals surface area contributed by atoms with Crippen LogP contribution in [-0.4, -0.2) is 28.6 Å². The zero-order valence-electron chi connectivity index (χ0n) is 14.6. The lowest BCUT2D eigenvalue weighted by Crippen LogP contribution is -2.06. The van der Waals surface area contributed by atoms with Crippen LogP contribution in [0, 0.1) is 20.8 Å². The summed E-state index contributed by atoms with van der Waals surface area (Å²) in [5.41, 5.74) is 9.03. The van der Waals surface area contributed by atoms with Crippen molar-refractivity contribution in [3.05, 3.63) is 45.3 Å². The molecule has 1 aliphatic rings. The summed E-state index contributed by atoms with van der Waals surface area (Å²) in [6, 6.07) is 2.28. The molecule has 2 aromatic rings. The molecule has 4 heteroatoms. The van der Waals surface area contributed by atoms with Gasteiger partial charge < -0.3 is 9.84 Å². The third kappa shape index (κ3) is 2.76. The molecule has 0 spiro atoms. The highest BCUT2D eigenvalue weighted by Gasteiger charge is 2.22. The number of aliphatic hydroxyl groups excluding tert-OH is 1. The van der Waals surface area contributed by atoms with Gasteiger partial charge in [-0.15, -0.1) is 0 Å². The number of ether oxygens (including phenoxy) is 1. The van der Waals surface area contributed by atoms with Crippen LogP contribution in [0.2, 0.25) is 0 Å². The summed E-state index contributed by atoms with van der Waals surface area (Å²) >= 11 is 0.